The average molecular weight is 265 g/mol. The highest BCUT2D eigenvalue weighted by atomic mass is 15.2. The van der Waals surface area contributed by atoms with Crippen LogP contribution in [0.1, 0.15) is 17.5 Å². The highest BCUT2D eigenvalue weighted by Gasteiger charge is 2.11. The van der Waals surface area contributed by atoms with Gasteiger partial charge in [-0.2, -0.15) is 5.10 Å². The third-order valence-corrected chi connectivity index (χ3v) is 3.82. The van der Waals surface area contributed by atoms with E-state index >= 15 is 0 Å². The molecule has 2 heterocycles. The lowest BCUT2D eigenvalue weighted by Gasteiger charge is -2.07. The molecule has 5 nitrogen and oxygen atoms in total. The maximum atomic E-state index is 5.76. The van der Waals surface area contributed by atoms with Crippen molar-refractivity contribution >= 4 is 28.4 Å². The minimum Gasteiger partial charge on any atom is -0.384 e. The molecule has 0 atom stereocenters. The quantitative estimate of drug-likeness (QED) is 0.665. The van der Waals surface area contributed by atoms with E-state index in [0.29, 0.717) is 11.5 Å². The van der Waals surface area contributed by atoms with E-state index in [2.05, 4.69) is 38.7 Å². The van der Waals surface area contributed by atoms with Crippen LogP contribution in [0.2, 0.25) is 0 Å². The van der Waals surface area contributed by atoms with E-state index in [4.69, 9.17) is 5.73 Å². The van der Waals surface area contributed by atoms with Crippen LogP contribution in [0.15, 0.2) is 30.3 Å². The zero-order chi connectivity index (χ0) is 13.5. The summed E-state index contributed by atoms with van der Waals surface area (Å²) in [5.74, 6) is 1.33. The Kier molecular flexibility index (Phi) is 2.39. The van der Waals surface area contributed by atoms with Crippen molar-refractivity contribution in [2.45, 2.75) is 19.3 Å². The van der Waals surface area contributed by atoms with Crippen molar-refractivity contribution in [2.24, 2.45) is 0 Å². The number of nitrogens with one attached hydrogen (secondary N) is 2. The topological polar surface area (TPSA) is 79.6 Å². The number of hydrogen-bond acceptors (Lipinski definition) is 4. The first-order chi connectivity index (χ1) is 9.79. The summed E-state index contributed by atoms with van der Waals surface area (Å²) in [6, 6.07) is 10.4. The van der Waals surface area contributed by atoms with Crippen LogP contribution >= 0.6 is 0 Å². The number of hydrogen-bond donors (Lipinski definition) is 3. The van der Waals surface area contributed by atoms with Crippen molar-refractivity contribution in [3.05, 3.63) is 41.5 Å². The van der Waals surface area contributed by atoms with Gasteiger partial charge in [-0.05, 0) is 54.7 Å². The number of nitrogens with two attached hydrogens (primary N) is 1. The van der Waals surface area contributed by atoms with Gasteiger partial charge < -0.3 is 11.1 Å². The second kappa shape index (κ2) is 4.23. The number of pyridine rings is 1. The van der Waals surface area contributed by atoms with Crippen molar-refractivity contribution in [3.8, 4) is 0 Å². The lowest BCUT2D eigenvalue weighted by molar-refractivity contribution is 0.912. The van der Waals surface area contributed by atoms with Crippen LogP contribution < -0.4 is 11.1 Å². The predicted octanol–water partition coefficient (Wildman–Crippen LogP) is 2.77. The Morgan fingerprint density at radius 1 is 1.10 bits per heavy atom. The van der Waals surface area contributed by atoms with Crippen molar-refractivity contribution in [1.82, 2.24) is 15.2 Å². The van der Waals surface area contributed by atoms with Crippen LogP contribution in [0.4, 0.5) is 17.3 Å². The first kappa shape index (κ1) is 11.3. The fraction of sp³-hybridized carbons (Fsp3) is 0.200. The van der Waals surface area contributed by atoms with Crippen LogP contribution in [0.25, 0.3) is 11.0 Å². The summed E-state index contributed by atoms with van der Waals surface area (Å²) in [5.41, 5.74) is 10.4. The Morgan fingerprint density at radius 3 is 2.95 bits per heavy atom. The predicted molar refractivity (Wildman–Crippen MR) is 80.1 cm³/mol. The Bertz CT molecular complexity index is 790. The smallest absolute Gasteiger partial charge is 0.185 e. The molecule has 4 N–H and O–H groups in total. The number of nitrogens with zero attached hydrogens (tertiary/aromatic N) is 2. The number of benzene rings is 1. The average Bonchev–Trinajstić information content (AvgIpc) is 3.05. The molecule has 4 rings (SSSR count). The van der Waals surface area contributed by atoms with Gasteiger partial charge >= 0.3 is 0 Å². The molecule has 0 fully saturated rings. The second-order valence-electron chi connectivity index (χ2n) is 5.17. The third-order valence-electron chi connectivity index (χ3n) is 3.82. The molecule has 0 aliphatic heterocycles. The molecule has 20 heavy (non-hydrogen) atoms. The second-order valence-corrected chi connectivity index (χ2v) is 5.17. The van der Waals surface area contributed by atoms with E-state index in [1.807, 2.05) is 12.1 Å². The number of fused-ring (bicyclic) bond motifs is 2. The number of nitrogen functional groups attached to an aromatic ring is 1. The summed E-state index contributed by atoms with van der Waals surface area (Å²) in [4.78, 5) is 4.45. The number of aromatic amines is 1. The minimum atomic E-state index is 0.552. The number of rotatable bonds is 2. The highest BCUT2D eigenvalue weighted by Crippen LogP contribution is 2.27. The van der Waals surface area contributed by atoms with Crippen molar-refractivity contribution < 1.29 is 0 Å². The molecule has 0 radical (unpaired) electrons. The standard InChI is InChI=1S/C15H15N5/c16-14-12-6-7-13(18-15(12)20-19-14)17-11-5-4-9-2-1-3-10(9)8-11/h4-8H,1-3H2,(H4,16,17,18,19,20). The Hall–Kier alpha value is -2.56. The van der Waals surface area contributed by atoms with Gasteiger partial charge in [0.2, 0.25) is 0 Å². The maximum absolute atomic E-state index is 5.76. The van der Waals surface area contributed by atoms with E-state index in [9.17, 15) is 0 Å². The normalized spacial score (nSPS) is 13.6. The fourth-order valence-corrected chi connectivity index (χ4v) is 2.78. The van der Waals surface area contributed by atoms with Gasteiger partial charge in [-0.3, -0.25) is 5.10 Å². The Balaban J connectivity index is 1.66. The summed E-state index contributed by atoms with van der Waals surface area (Å²) < 4.78 is 0. The number of aryl methyl sites for hydroxylation is 2. The van der Waals surface area contributed by atoms with Crippen molar-refractivity contribution in [1.29, 1.82) is 0 Å². The SMILES string of the molecule is Nc1[nH]nc2nc(Nc3ccc4c(c3)CCC4)ccc12. The first-order valence-corrected chi connectivity index (χ1v) is 6.79. The van der Waals surface area contributed by atoms with Gasteiger partial charge in [-0.1, -0.05) is 6.07 Å². The molecule has 0 spiro atoms. The lowest BCUT2D eigenvalue weighted by atomic mass is 10.1. The lowest BCUT2D eigenvalue weighted by Crippen LogP contribution is -1.95. The molecule has 1 aliphatic carbocycles. The molecule has 0 saturated carbocycles. The van der Waals surface area contributed by atoms with Crippen LogP contribution in [-0.4, -0.2) is 15.2 Å². The molecule has 0 saturated heterocycles. The molecule has 2 aromatic heterocycles. The molecule has 0 bridgehead atoms. The van der Waals surface area contributed by atoms with Crippen LogP contribution in [0, 0.1) is 0 Å². The molecule has 0 amide bonds. The van der Waals surface area contributed by atoms with Gasteiger partial charge in [-0.15, -0.1) is 0 Å². The molecule has 5 heteroatoms. The Labute approximate surface area is 116 Å². The summed E-state index contributed by atoms with van der Waals surface area (Å²) >= 11 is 0. The Morgan fingerprint density at radius 2 is 2.00 bits per heavy atom. The molecule has 100 valence electrons. The van der Waals surface area contributed by atoms with Crippen LogP contribution in [0.5, 0.6) is 0 Å². The van der Waals surface area contributed by atoms with E-state index in [0.717, 1.165) is 16.9 Å². The first-order valence-electron chi connectivity index (χ1n) is 6.79. The van der Waals surface area contributed by atoms with Gasteiger partial charge in [0.05, 0.1) is 5.39 Å². The molecular formula is C15H15N5. The summed E-state index contributed by atoms with van der Waals surface area (Å²) in [6.07, 6.45) is 3.63. The zero-order valence-corrected chi connectivity index (χ0v) is 11.0. The molecule has 0 unspecified atom stereocenters. The summed E-state index contributed by atoms with van der Waals surface area (Å²) in [6.45, 7) is 0. The molecular weight excluding hydrogens is 250 g/mol. The van der Waals surface area contributed by atoms with Crippen LogP contribution in [-0.2, 0) is 12.8 Å². The number of aromatic nitrogens is 3. The van der Waals surface area contributed by atoms with Gasteiger partial charge in [0, 0.05) is 5.69 Å². The zero-order valence-electron chi connectivity index (χ0n) is 11.0. The van der Waals surface area contributed by atoms with E-state index in [1.54, 1.807) is 0 Å². The van der Waals surface area contributed by atoms with Crippen molar-refractivity contribution in [3.63, 3.8) is 0 Å². The van der Waals surface area contributed by atoms with Gasteiger partial charge in [-0.25, -0.2) is 4.98 Å². The van der Waals surface area contributed by atoms with Crippen molar-refractivity contribution in [2.75, 3.05) is 11.1 Å². The fourth-order valence-electron chi connectivity index (χ4n) is 2.78. The van der Waals surface area contributed by atoms with Gasteiger partial charge in [0.25, 0.3) is 0 Å². The summed E-state index contributed by atoms with van der Waals surface area (Å²) in [7, 11) is 0. The largest absolute Gasteiger partial charge is 0.384 e. The highest BCUT2D eigenvalue weighted by molar-refractivity contribution is 5.87. The summed E-state index contributed by atoms with van der Waals surface area (Å²) in [5, 5.41) is 11.0. The minimum absolute atomic E-state index is 0.552. The molecule has 1 aromatic carbocycles. The van der Waals surface area contributed by atoms with Gasteiger partial charge in [0.1, 0.15) is 11.6 Å². The maximum Gasteiger partial charge on any atom is 0.185 e. The van der Waals surface area contributed by atoms with E-state index in [1.165, 1.54) is 30.4 Å². The van der Waals surface area contributed by atoms with E-state index < -0.39 is 0 Å². The third kappa shape index (κ3) is 1.79. The van der Waals surface area contributed by atoms with Crippen LogP contribution in [0.3, 0.4) is 0 Å². The number of anilines is 3. The number of H-pyrrole nitrogens is 1. The van der Waals surface area contributed by atoms with E-state index in [-0.39, 0.29) is 0 Å². The molecule has 1 aliphatic rings. The monoisotopic (exact) mass is 265 g/mol. The van der Waals surface area contributed by atoms with Gasteiger partial charge in [0.15, 0.2) is 5.65 Å². The molecule has 3 aromatic rings.